The number of nitrogens with two attached hydrogens (primary N) is 1. The molecule has 0 radical (unpaired) electrons. The van der Waals surface area contributed by atoms with Crippen LogP contribution in [0.1, 0.15) is 50.5 Å². The van der Waals surface area contributed by atoms with Gasteiger partial charge in [0.2, 0.25) is 5.56 Å². The maximum Gasteiger partial charge on any atom is 0.407 e. The predicted octanol–water partition coefficient (Wildman–Crippen LogP) is 7.36. The van der Waals surface area contributed by atoms with Gasteiger partial charge in [0.05, 0.1) is 18.2 Å². The SMILES string of the molecule is CC(Cc1cccc(N)c1)N(C[C@@H](O[Si](C)(C)C(C)(C)C)c1ccc(OCc2ccccc2)c2[nH]c(=O)ccc12)C(=O)O. The van der Waals surface area contributed by atoms with Crippen molar-refractivity contribution in [2.75, 3.05) is 12.3 Å². The van der Waals surface area contributed by atoms with Gasteiger partial charge in [-0.15, -0.1) is 0 Å². The summed E-state index contributed by atoms with van der Waals surface area (Å²) in [4.78, 5) is 29.6. The van der Waals surface area contributed by atoms with E-state index >= 15 is 0 Å². The molecule has 0 aliphatic heterocycles. The number of anilines is 1. The third kappa shape index (κ3) is 7.85. The van der Waals surface area contributed by atoms with Crippen LogP contribution in [0.5, 0.6) is 5.75 Å². The Balaban J connectivity index is 1.75. The lowest BCUT2D eigenvalue weighted by Crippen LogP contribution is -2.47. The number of rotatable bonds is 11. The van der Waals surface area contributed by atoms with E-state index in [9.17, 15) is 14.7 Å². The van der Waals surface area contributed by atoms with Crippen LogP contribution in [-0.4, -0.2) is 42.0 Å². The molecule has 8 nitrogen and oxygen atoms in total. The van der Waals surface area contributed by atoms with Crippen LogP contribution in [0.2, 0.25) is 18.1 Å². The van der Waals surface area contributed by atoms with Gasteiger partial charge in [-0.1, -0.05) is 69.3 Å². The second-order valence-corrected chi connectivity index (χ2v) is 17.4. The van der Waals surface area contributed by atoms with Crippen molar-refractivity contribution in [1.29, 1.82) is 0 Å². The molecule has 4 N–H and O–H groups in total. The summed E-state index contributed by atoms with van der Waals surface area (Å²) in [5, 5.41) is 11.0. The van der Waals surface area contributed by atoms with Crippen LogP contribution in [0.15, 0.2) is 83.7 Å². The van der Waals surface area contributed by atoms with E-state index in [1.54, 1.807) is 6.07 Å². The molecule has 3 aromatic carbocycles. The molecular formula is C34H43N3O5Si. The fraction of sp³-hybridized carbons (Fsp3) is 0.353. The van der Waals surface area contributed by atoms with Gasteiger partial charge in [0.1, 0.15) is 12.4 Å². The number of amides is 1. The monoisotopic (exact) mass is 601 g/mol. The van der Waals surface area contributed by atoms with E-state index in [1.807, 2.05) is 73.7 Å². The van der Waals surface area contributed by atoms with E-state index in [-0.39, 0.29) is 23.2 Å². The van der Waals surface area contributed by atoms with Gasteiger partial charge in [0, 0.05) is 23.2 Å². The Morgan fingerprint density at radius 3 is 2.35 bits per heavy atom. The number of hydrogen-bond acceptors (Lipinski definition) is 5. The molecule has 43 heavy (non-hydrogen) atoms. The van der Waals surface area contributed by atoms with Crippen molar-refractivity contribution in [2.24, 2.45) is 0 Å². The number of nitrogens with zero attached hydrogens (tertiary/aromatic N) is 1. The van der Waals surface area contributed by atoms with Crippen molar-refractivity contribution in [3.05, 3.63) is 106 Å². The van der Waals surface area contributed by atoms with Gasteiger partial charge in [-0.3, -0.25) is 4.79 Å². The lowest BCUT2D eigenvalue weighted by atomic mass is 10.0. The van der Waals surface area contributed by atoms with Crippen LogP contribution in [0.3, 0.4) is 0 Å². The highest BCUT2D eigenvalue weighted by Crippen LogP contribution is 2.42. The van der Waals surface area contributed by atoms with Gasteiger partial charge >= 0.3 is 6.09 Å². The summed E-state index contributed by atoms with van der Waals surface area (Å²) in [5.41, 5.74) is 9.69. The molecule has 0 saturated carbocycles. The fourth-order valence-electron chi connectivity index (χ4n) is 4.91. The van der Waals surface area contributed by atoms with E-state index in [4.69, 9.17) is 14.9 Å². The van der Waals surface area contributed by atoms with Crippen molar-refractivity contribution in [2.45, 2.75) is 71.0 Å². The second kappa shape index (κ2) is 13.1. The molecule has 0 bridgehead atoms. The molecule has 4 rings (SSSR count). The van der Waals surface area contributed by atoms with Gasteiger partial charge in [-0.2, -0.15) is 0 Å². The Kier molecular flexibility index (Phi) is 9.67. The van der Waals surface area contributed by atoms with Crippen molar-refractivity contribution < 1.29 is 19.1 Å². The highest BCUT2D eigenvalue weighted by molar-refractivity contribution is 6.74. The number of ether oxygens (including phenoxy) is 1. The van der Waals surface area contributed by atoms with E-state index < -0.39 is 20.5 Å². The quantitative estimate of drug-likeness (QED) is 0.122. The van der Waals surface area contributed by atoms with Crippen molar-refractivity contribution in [1.82, 2.24) is 9.88 Å². The topological polar surface area (TPSA) is 118 Å². The number of nitrogen functional groups attached to an aromatic ring is 1. The molecule has 9 heteroatoms. The maximum atomic E-state index is 12.7. The summed E-state index contributed by atoms with van der Waals surface area (Å²) in [5.74, 6) is 0.538. The third-order valence-electron chi connectivity index (χ3n) is 8.34. The number of hydrogen-bond donors (Lipinski definition) is 3. The summed E-state index contributed by atoms with van der Waals surface area (Å²) in [6.07, 6.45) is -1.11. The number of aromatic amines is 1. The minimum atomic E-state index is -2.38. The van der Waals surface area contributed by atoms with Gasteiger partial charge in [0.25, 0.3) is 0 Å². The largest absolute Gasteiger partial charge is 0.487 e. The first-order valence-electron chi connectivity index (χ1n) is 14.6. The van der Waals surface area contributed by atoms with Crippen LogP contribution in [0, 0.1) is 0 Å². The second-order valence-electron chi connectivity index (χ2n) is 12.6. The number of carbonyl (C=O) groups is 1. The Morgan fingerprint density at radius 2 is 1.70 bits per heavy atom. The number of fused-ring (bicyclic) bond motifs is 1. The number of benzene rings is 3. The van der Waals surface area contributed by atoms with E-state index in [1.165, 1.54) is 11.0 Å². The number of pyridine rings is 1. The highest BCUT2D eigenvalue weighted by atomic mass is 28.4. The van der Waals surface area contributed by atoms with Crippen molar-refractivity contribution in [3.8, 4) is 5.75 Å². The number of carboxylic acid groups (broad SMARTS) is 1. The van der Waals surface area contributed by atoms with E-state index in [0.717, 1.165) is 22.1 Å². The lowest BCUT2D eigenvalue weighted by Gasteiger charge is -2.41. The first-order chi connectivity index (χ1) is 20.2. The molecule has 1 unspecified atom stereocenters. The highest BCUT2D eigenvalue weighted by Gasteiger charge is 2.41. The summed E-state index contributed by atoms with van der Waals surface area (Å²) >= 11 is 0. The van der Waals surface area contributed by atoms with Crippen LogP contribution in [0.4, 0.5) is 10.5 Å². The molecule has 0 spiro atoms. The smallest absolute Gasteiger partial charge is 0.407 e. The predicted molar refractivity (Wildman–Crippen MR) is 175 cm³/mol. The van der Waals surface area contributed by atoms with E-state index in [2.05, 4.69) is 38.8 Å². The summed E-state index contributed by atoms with van der Waals surface area (Å²) < 4.78 is 13.1. The van der Waals surface area contributed by atoms with Crippen LogP contribution < -0.4 is 16.0 Å². The Bertz CT molecular complexity index is 1610. The van der Waals surface area contributed by atoms with Gasteiger partial charge in [-0.05, 0) is 72.4 Å². The minimum absolute atomic E-state index is 0.115. The van der Waals surface area contributed by atoms with Crippen LogP contribution in [-0.2, 0) is 17.5 Å². The average molecular weight is 602 g/mol. The van der Waals surface area contributed by atoms with Gasteiger partial charge in [0.15, 0.2) is 8.32 Å². The molecule has 2 atom stereocenters. The Hall–Kier alpha value is -4.08. The van der Waals surface area contributed by atoms with Crippen LogP contribution >= 0.6 is 0 Å². The number of aromatic nitrogens is 1. The Labute approximate surface area is 254 Å². The molecule has 1 amide bonds. The standard InChI is InChI=1S/C34H43N3O5Si/c1-23(19-25-13-10-14-26(35)20-25)37(33(39)40)21-30(42-43(5,6)34(2,3)4)27-15-17-29(32-28(27)16-18-31(38)36-32)41-22-24-11-8-7-9-12-24/h7-18,20,23,30H,19,21-22,35H2,1-6H3,(H,36,38)(H,39,40)/t23?,30-/m1/s1. The van der Waals surface area contributed by atoms with Crippen molar-refractivity contribution in [3.63, 3.8) is 0 Å². The molecular weight excluding hydrogens is 558 g/mol. The molecule has 0 fully saturated rings. The minimum Gasteiger partial charge on any atom is -0.487 e. The van der Waals surface area contributed by atoms with Gasteiger partial charge < -0.3 is 29.9 Å². The first-order valence-corrected chi connectivity index (χ1v) is 17.5. The normalized spacial score (nSPS) is 13.4. The van der Waals surface area contributed by atoms with Crippen molar-refractivity contribution >= 4 is 31.0 Å². The van der Waals surface area contributed by atoms with E-state index in [0.29, 0.717) is 30.0 Å². The molecule has 0 aliphatic carbocycles. The Morgan fingerprint density at radius 1 is 1.00 bits per heavy atom. The summed E-state index contributed by atoms with van der Waals surface area (Å²) in [6, 6.07) is 24.0. The molecule has 0 aliphatic rings. The molecule has 0 saturated heterocycles. The summed E-state index contributed by atoms with van der Waals surface area (Å²) in [7, 11) is -2.38. The lowest BCUT2D eigenvalue weighted by molar-refractivity contribution is 0.0848. The zero-order valence-electron chi connectivity index (χ0n) is 25.9. The molecule has 1 heterocycles. The zero-order chi connectivity index (χ0) is 31.4. The fourth-order valence-corrected chi connectivity index (χ4v) is 6.18. The number of H-pyrrole nitrogens is 1. The molecule has 1 aromatic heterocycles. The average Bonchev–Trinajstić information content (AvgIpc) is 2.93. The summed E-state index contributed by atoms with van der Waals surface area (Å²) in [6.45, 7) is 13.1. The number of nitrogens with one attached hydrogen (secondary N) is 1. The van der Waals surface area contributed by atoms with Crippen LogP contribution in [0.25, 0.3) is 10.9 Å². The van der Waals surface area contributed by atoms with Gasteiger partial charge in [-0.25, -0.2) is 4.79 Å². The maximum absolute atomic E-state index is 12.7. The molecule has 4 aromatic rings. The molecule has 228 valence electrons. The first kappa shape index (κ1) is 31.8. The zero-order valence-corrected chi connectivity index (χ0v) is 26.9. The third-order valence-corrected chi connectivity index (χ3v) is 12.8.